The van der Waals surface area contributed by atoms with Gasteiger partial charge in [0.2, 0.25) is 0 Å². The van der Waals surface area contributed by atoms with Crippen LogP contribution in [0.4, 0.5) is 11.4 Å². The zero-order valence-electron chi connectivity index (χ0n) is 15.3. The molecule has 3 rings (SSSR count). The standard InChI is InChI=1S/C21H26ClN3S/c1-15-4-3-13-25(14-15)20-11-5-17(6-12-20)16(2)23-21(26)24-19-9-7-18(22)8-10-19/h5-12,15-16H,3-4,13-14H2,1-2H3,(H2,23,24,26)/t15-,16-/m0/s1. The first-order valence-corrected chi connectivity index (χ1v) is 9.98. The number of piperidine rings is 1. The van der Waals surface area contributed by atoms with Crippen LogP contribution in [0.15, 0.2) is 48.5 Å². The first-order chi connectivity index (χ1) is 12.5. The van der Waals surface area contributed by atoms with E-state index in [2.05, 4.69) is 53.6 Å². The average Bonchev–Trinajstić information content (AvgIpc) is 2.64. The van der Waals surface area contributed by atoms with Gasteiger partial charge >= 0.3 is 0 Å². The van der Waals surface area contributed by atoms with Crippen LogP contribution < -0.4 is 15.5 Å². The van der Waals surface area contributed by atoms with Gasteiger partial charge < -0.3 is 15.5 Å². The highest BCUT2D eigenvalue weighted by Gasteiger charge is 2.17. The second kappa shape index (κ2) is 8.74. The van der Waals surface area contributed by atoms with E-state index < -0.39 is 0 Å². The number of hydrogen-bond donors (Lipinski definition) is 2. The lowest BCUT2D eigenvalue weighted by Gasteiger charge is -2.33. The summed E-state index contributed by atoms with van der Waals surface area (Å²) < 4.78 is 0. The first kappa shape index (κ1) is 19.0. The molecule has 0 aliphatic carbocycles. The van der Waals surface area contributed by atoms with Crippen molar-refractivity contribution in [3.63, 3.8) is 0 Å². The number of nitrogens with one attached hydrogen (secondary N) is 2. The summed E-state index contributed by atoms with van der Waals surface area (Å²) in [7, 11) is 0. The third kappa shape index (κ3) is 5.12. The lowest BCUT2D eigenvalue weighted by Crippen LogP contribution is -2.34. The predicted octanol–water partition coefficient (Wildman–Crippen LogP) is 5.62. The molecule has 1 heterocycles. The fourth-order valence-electron chi connectivity index (χ4n) is 3.38. The number of rotatable bonds is 4. The number of hydrogen-bond acceptors (Lipinski definition) is 2. The van der Waals surface area contributed by atoms with Crippen molar-refractivity contribution in [2.75, 3.05) is 23.3 Å². The van der Waals surface area contributed by atoms with Crippen molar-refractivity contribution >= 4 is 40.3 Å². The van der Waals surface area contributed by atoms with Gasteiger partial charge in [-0.1, -0.05) is 30.7 Å². The Morgan fingerprint density at radius 3 is 2.50 bits per heavy atom. The fourth-order valence-corrected chi connectivity index (χ4v) is 3.80. The van der Waals surface area contributed by atoms with E-state index in [1.54, 1.807) is 0 Å². The molecular weight excluding hydrogens is 362 g/mol. The third-order valence-corrected chi connectivity index (χ3v) is 5.34. The molecule has 0 radical (unpaired) electrons. The lowest BCUT2D eigenvalue weighted by molar-refractivity contribution is 0.447. The van der Waals surface area contributed by atoms with Crippen LogP contribution in [0.3, 0.4) is 0 Å². The maximum absolute atomic E-state index is 5.91. The molecule has 2 aromatic carbocycles. The largest absolute Gasteiger partial charge is 0.371 e. The SMILES string of the molecule is C[C@H]1CCCN(c2ccc([C@H](C)NC(=S)Nc3ccc(Cl)cc3)cc2)C1. The van der Waals surface area contributed by atoms with Crippen LogP contribution in [0.1, 0.15) is 38.3 Å². The summed E-state index contributed by atoms with van der Waals surface area (Å²) in [4.78, 5) is 2.49. The van der Waals surface area contributed by atoms with E-state index in [9.17, 15) is 0 Å². The second-order valence-corrected chi connectivity index (χ2v) is 7.96. The minimum atomic E-state index is 0.136. The smallest absolute Gasteiger partial charge is 0.171 e. The van der Waals surface area contributed by atoms with Crippen molar-refractivity contribution in [3.05, 3.63) is 59.1 Å². The minimum Gasteiger partial charge on any atom is -0.371 e. The van der Waals surface area contributed by atoms with Crippen LogP contribution in [-0.2, 0) is 0 Å². The van der Waals surface area contributed by atoms with Gasteiger partial charge in [0.05, 0.1) is 6.04 Å². The molecule has 1 saturated heterocycles. The van der Waals surface area contributed by atoms with Gasteiger partial charge in [-0.3, -0.25) is 0 Å². The lowest BCUT2D eigenvalue weighted by atomic mass is 9.99. The Labute approximate surface area is 166 Å². The van der Waals surface area contributed by atoms with Crippen LogP contribution >= 0.6 is 23.8 Å². The molecule has 0 aromatic heterocycles. The summed E-state index contributed by atoms with van der Waals surface area (Å²) in [6.07, 6.45) is 2.62. The van der Waals surface area contributed by atoms with Crippen molar-refractivity contribution in [1.82, 2.24) is 5.32 Å². The Morgan fingerprint density at radius 1 is 1.15 bits per heavy atom. The highest BCUT2D eigenvalue weighted by Crippen LogP contribution is 2.24. The van der Waals surface area contributed by atoms with Gasteiger partial charge in [-0.05, 0) is 79.9 Å². The first-order valence-electron chi connectivity index (χ1n) is 9.19. The average molecular weight is 388 g/mol. The predicted molar refractivity (Wildman–Crippen MR) is 116 cm³/mol. The zero-order chi connectivity index (χ0) is 18.5. The van der Waals surface area contributed by atoms with Crippen LogP contribution in [0.5, 0.6) is 0 Å². The zero-order valence-corrected chi connectivity index (χ0v) is 16.9. The Balaban J connectivity index is 1.56. The molecular formula is C21H26ClN3S. The van der Waals surface area contributed by atoms with Crippen molar-refractivity contribution in [1.29, 1.82) is 0 Å². The molecule has 0 bridgehead atoms. The summed E-state index contributed by atoms with van der Waals surface area (Å²) in [5.74, 6) is 0.778. The Bertz CT molecular complexity index is 730. The van der Waals surface area contributed by atoms with E-state index in [-0.39, 0.29) is 6.04 Å². The van der Waals surface area contributed by atoms with Gasteiger partial charge in [-0.15, -0.1) is 0 Å². The molecule has 2 atom stereocenters. The quantitative estimate of drug-likeness (QED) is 0.665. The summed E-state index contributed by atoms with van der Waals surface area (Å²) in [5, 5.41) is 7.85. The molecule has 2 N–H and O–H groups in total. The molecule has 0 spiro atoms. The van der Waals surface area contributed by atoms with E-state index in [1.165, 1.54) is 24.1 Å². The number of halogens is 1. The van der Waals surface area contributed by atoms with Crippen LogP contribution in [0.25, 0.3) is 0 Å². The molecule has 0 amide bonds. The summed E-state index contributed by atoms with van der Waals surface area (Å²) in [6.45, 7) is 6.77. The molecule has 1 aliphatic rings. The highest BCUT2D eigenvalue weighted by molar-refractivity contribution is 7.80. The molecule has 5 heteroatoms. The fraction of sp³-hybridized carbons (Fsp3) is 0.381. The number of benzene rings is 2. The molecule has 1 aliphatic heterocycles. The van der Waals surface area contributed by atoms with Crippen molar-refractivity contribution in [2.24, 2.45) is 5.92 Å². The summed E-state index contributed by atoms with van der Waals surface area (Å²) in [5.41, 5.74) is 3.46. The summed E-state index contributed by atoms with van der Waals surface area (Å²) in [6, 6.07) is 16.5. The van der Waals surface area contributed by atoms with E-state index in [0.717, 1.165) is 24.7 Å². The van der Waals surface area contributed by atoms with Gasteiger partial charge in [-0.2, -0.15) is 0 Å². The van der Waals surface area contributed by atoms with E-state index >= 15 is 0 Å². The van der Waals surface area contributed by atoms with Gasteiger partial charge in [-0.25, -0.2) is 0 Å². The maximum Gasteiger partial charge on any atom is 0.171 e. The van der Waals surface area contributed by atoms with Crippen LogP contribution in [0.2, 0.25) is 5.02 Å². The molecule has 26 heavy (non-hydrogen) atoms. The normalized spacial score (nSPS) is 18.3. The highest BCUT2D eigenvalue weighted by atomic mass is 35.5. The second-order valence-electron chi connectivity index (χ2n) is 7.11. The molecule has 2 aromatic rings. The van der Waals surface area contributed by atoms with Gasteiger partial charge in [0, 0.05) is 29.5 Å². The van der Waals surface area contributed by atoms with Gasteiger partial charge in [0.25, 0.3) is 0 Å². The van der Waals surface area contributed by atoms with Gasteiger partial charge in [0.15, 0.2) is 5.11 Å². The Morgan fingerprint density at radius 2 is 1.85 bits per heavy atom. The Hall–Kier alpha value is -1.78. The van der Waals surface area contributed by atoms with Crippen LogP contribution in [0, 0.1) is 5.92 Å². The van der Waals surface area contributed by atoms with Crippen LogP contribution in [-0.4, -0.2) is 18.2 Å². The van der Waals surface area contributed by atoms with E-state index in [0.29, 0.717) is 10.1 Å². The molecule has 138 valence electrons. The van der Waals surface area contributed by atoms with Crippen molar-refractivity contribution < 1.29 is 0 Å². The van der Waals surface area contributed by atoms with Gasteiger partial charge in [0.1, 0.15) is 0 Å². The molecule has 1 fully saturated rings. The molecule has 3 nitrogen and oxygen atoms in total. The van der Waals surface area contributed by atoms with Crippen molar-refractivity contribution in [3.8, 4) is 0 Å². The third-order valence-electron chi connectivity index (χ3n) is 4.86. The minimum absolute atomic E-state index is 0.136. The monoisotopic (exact) mass is 387 g/mol. The number of nitrogens with zero attached hydrogens (tertiary/aromatic N) is 1. The van der Waals surface area contributed by atoms with E-state index in [1.807, 2.05) is 24.3 Å². The Kier molecular flexibility index (Phi) is 6.38. The molecule has 0 unspecified atom stereocenters. The van der Waals surface area contributed by atoms with E-state index in [4.69, 9.17) is 23.8 Å². The summed E-state index contributed by atoms with van der Waals surface area (Å²) >= 11 is 11.3. The van der Waals surface area contributed by atoms with Crippen molar-refractivity contribution in [2.45, 2.75) is 32.7 Å². The maximum atomic E-state index is 5.91. The molecule has 0 saturated carbocycles. The number of thiocarbonyl (C=S) groups is 1. The number of anilines is 2. The topological polar surface area (TPSA) is 27.3 Å².